The number of hydrogen-bond donors (Lipinski definition) is 0. The van der Waals surface area contributed by atoms with Crippen molar-refractivity contribution in [1.29, 1.82) is 0 Å². The fraction of sp³-hybridized carbons (Fsp3) is 0.250. The summed E-state index contributed by atoms with van der Waals surface area (Å²) in [6.45, 7) is 2.14. The molecule has 0 aromatic heterocycles. The average molecular weight is 86.1 g/mol. The van der Waals surface area contributed by atoms with E-state index in [0.717, 1.165) is 0 Å². The van der Waals surface area contributed by atoms with E-state index in [4.69, 9.17) is 0 Å². The van der Waals surface area contributed by atoms with Crippen LogP contribution >= 0.6 is 0 Å². The van der Waals surface area contributed by atoms with Crippen molar-refractivity contribution in [2.45, 2.75) is 6.92 Å². The number of ether oxygens (including phenoxy) is 1. The van der Waals surface area contributed by atoms with Gasteiger partial charge in [-0.1, -0.05) is 6.08 Å². The predicted molar refractivity (Wildman–Crippen MR) is 22.0 cm³/mol. The molecule has 0 spiro atoms. The third-order valence-electron chi connectivity index (χ3n) is 0.270. The van der Waals surface area contributed by atoms with E-state index in [1.54, 1.807) is 13.0 Å². The highest BCUT2D eigenvalue weighted by Gasteiger charge is 1.58. The first-order chi connectivity index (χ1) is 2.91. The molecule has 0 saturated heterocycles. The van der Waals surface area contributed by atoms with E-state index in [0.29, 0.717) is 6.47 Å². The summed E-state index contributed by atoms with van der Waals surface area (Å²) in [6.07, 6.45) is 2.95. The van der Waals surface area contributed by atoms with Crippen molar-refractivity contribution in [3.05, 3.63) is 12.3 Å². The van der Waals surface area contributed by atoms with Crippen LogP contribution in [0.3, 0.4) is 0 Å². The molecule has 0 aliphatic rings. The summed E-state index contributed by atoms with van der Waals surface area (Å²) in [7, 11) is 0. The molecule has 0 heterocycles. The normalized spacial score (nSPS) is 8.83. The van der Waals surface area contributed by atoms with Crippen LogP contribution in [0.15, 0.2) is 12.3 Å². The molecule has 0 aromatic rings. The van der Waals surface area contributed by atoms with E-state index in [-0.39, 0.29) is 0 Å². The topological polar surface area (TPSA) is 26.3 Å². The lowest BCUT2D eigenvalue weighted by molar-refractivity contribution is -0.123. The Kier molecular flexibility index (Phi) is 3.66. The maximum absolute atomic E-state index is 9.29. The van der Waals surface area contributed by atoms with Crippen LogP contribution in [0.4, 0.5) is 0 Å². The summed E-state index contributed by atoms with van der Waals surface area (Å²) in [5, 5.41) is 0. The lowest BCUT2D eigenvalue weighted by atomic mass is 10.7. The van der Waals surface area contributed by atoms with Gasteiger partial charge < -0.3 is 4.74 Å². The van der Waals surface area contributed by atoms with Crippen LogP contribution in [0.1, 0.15) is 6.92 Å². The van der Waals surface area contributed by atoms with Crippen molar-refractivity contribution in [2.24, 2.45) is 0 Å². The van der Waals surface area contributed by atoms with Crippen molar-refractivity contribution in [1.82, 2.24) is 0 Å². The summed E-state index contributed by atoms with van der Waals surface area (Å²) in [5.74, 6) is 0. The van der Waals surface area contributed by atoms with Gasteiger partial charge in [0.2, 0.25) is 0 Å². The number of allylic oxidation sites excluding steroid dienone is 1. The van der Waals surface area contributed by atoms with Crippen LogP contribution in [0.5, 0.6) is 0 Å². The molecule has 0 radical (unpaired) electrons. The van der Waals surface area contributed by atoms with Gasteiger partial charge in [-0.05, 0) is 6.92 Å². The van der Waals surface area contributed by atoms with Gasteiger partial charge in [-0.2, -0.15) is 0 Å². The van der Waals surface area contributed by atoms with Gasteiger partial charge in [0.25, 0.3) is 6.47 Å². The molecule has 0 bridgehead atoms. The minimum Gasteiger partial charge on any atom is -0.437 e. The SMILES string of the molecule is C/C=C/OC=O. The van der Waals surface area contributed by atoms with Gasteiger partial charge in [-0.25, -0.2) is 0 Å². The highest BCUT2D eigenvalue weighted by atomic mass is 16.5. The van der Waals surface area contributed by atoms with Gasteiger partial charge in [-0.15, -0.1) is 0 Å². The number of hydrogen-bond acceptors (Lipinski definition) is 2. The molecule has 2 nitrogen and oxygen atoms in total. The molecule has 0 aliphatic heterocycles. The van der Waals surface area contributed by atoms with Crippen LogP contribution in [0.25, 0.3) is 0 Å². The maximum atomic E-state index is 9.29. The lowest BCUT2D eigenvalue weighted by Crippen LogP contribution is -1.68. The fourth-order valence-electron chi connectivity index (χ4n) is 0.111. The molecule has 0 atom stereocenters. The van der Waals surface area contributed by atoms with Gasteiger partial charge >= 0.3 is 0 Å². The molecule has 0 rings (SSSR count). The molecular weight excluding hydrogens is 80.0 g/mol. The molecule has 2 heteroatoms. The van der Waals surface area contributed by atoms with Crippen molar-refractivity contribution in [3.63, 3.8) is 0 Å². The first-order valence-electron chi connectivity index (χ1n) is 1.62. The Hall–Kier alpha value is -0.790. The Bertz CT molecular complexity index is 56.6. The molecule has 0 aromatic carbocycles. The van der Waals surface area contributed by atoms with Crippen LogP contribution in [0, 0.1) is 0 Å². The van der Waals surface area contributed by atoms with E-state index in [1.165, 1.54) is 6.26 Å². The second kappa shape index (κ2) is 4.21. The highest BCUT2D eigenvalue weighted by Crippen LogP contribution is 1.65. The molecule has 34 valence electrons. The third kappa shape index (κ3) is 3.21. The van der Waals surface area contributed by atoms with Crippen molar-refractivity contribution in [2.75, 3.05) is 0 Å². The number of carbonyl (C=O) groups excluding carboxylic acids is 1. The van der Waals surface area contributed by atoms with E-state index in [9.17, 15) is 4.79 Å². The summed E-state index contributed by atoms with van der Waals surface area (Å²) >= 11 is 0. The Balaban J connectivity index is 2.85. The Labute approximate surface area is 36.4 Å². The molecule has 0 unspecified atom stereocenters. The van der Waals surface area contributed by atoms with Crippen molar-refractivity contribution < 1.29 is 9.53 Å². The molecule has 0 fully saturated rings. The highest BCUT2D eigenvalue weighted by molar-refractivity contribution is 5.38. The van der Waals surface area contributed by atoms with Gasteiger partial charge in [0.05, 0.1) is 6.26 Å². The molecule has 6 heavy (non-hydrogen) atoms. The van der Waals surface area contributed by atoms with Gasteiger partial charge in [0, 0.05) is 0 Å². The molecule has 0 saturated carbocycles. The van der Waals surface area contributed by atoms with Gasteiger partial charge in [0.15, 0.2) is 0 Å². The van der Waals surface area contributed by atoms with Crippen molar-refractivity contribution in [3.8, 4) is 0 Å². The van der Waals surface area contributed by atoms with E-state index in [2.05, 4.69) is 4.74 Å². The monoisotopic (exact) mass is 86.0 g/mol. The van der Waals surface area contributed by atoms with Gasteiger partial charge in [-0.3, -0.25) is 4.79 Å². The van der Waals surface area contributed by atoms with Gasteiger partial charge in [0.1, 0.15) is 0 Å². The lowest BCUT2D eigenvalue weighted by Gasteiger charge is -1.74. The standard InChI is InChI=1S/C4H6O2/c1-2-3-6-4-5/h2-4H,1H3/b3-2+. The van der Waals surface area contributed by atoms with E-state index in [1.807, 2.05) is 0 Å². The van der Waals surface area contributed by atoms with Crippen molar-refractivity contribution >= 4 is 6.47 Å². The zero-order valence-electron chi connectivity index (χ0n) is 3.55. The second-order valence-corrected chi connectivity index (χ2v) is 0.702. The smallest absolute Gasteiger partial charge is 0.297 e. The first-order valence-corrected chi connectivity index (χ1v) is 1.62. The Morgan fingerprint density at radius 3 is 2.50 bits per heavy atom. The quantitative estimate of drug-likeness (QED) is 0.365. The molecular formula is C4H6O2. The first kappa shape index (κ1) is 5.21. The van der Waals surface area contributed by atoms with E-state index < -0.39 is 0 Å². The van der Waals surface area contributed by atoms with E-state index >= 15 is 0 Å². The van der Waals surface area contributed by atoms with Crippen LogP contribution in [-0.2, 0) is 9.53 Å². The minimum absolute atomic E-state index is 0.375. The minimum atomic E-state index is 0.375. The summed E-state index contributed by atoms with van der Waals surface area (Å²) in [6, 6.07) is 0. The Morgan fingerprint density at radius 2 is 2.33 bits per heavy atom. The number of carbonyl (C=O) groups is 1. The summed E-state index contributed by atoms with van der Waals surface area (Å²) < 4.78 is 4.12. The molecule has 0 amide bonds. The summed E-state index contributed by atoms with van der Waals surface area (Å²) in [4.78, 5) is 9.29. The predicted octanol–water partition coefficient (Wildman–Crippen LogP) is 0.693. The zero-order valence-corrected chi connectivity index (χ0v) is 3.55. The fourth-order valence-corrected chi connectivity index (χ4v) is 0.111. The molecule has 0 N–H and O–H groups in total. The average Bonchev–Trinajstić information content (AvgIpc) is 1.61. The third-order valence-corrected chi connectivity index (χ3v) is 0.270. The molecule has 0 aliphatic carbocycles. The van der Waals surface area contributed by atoms with Crippen LogP contribution in [-0.4, -0.2) is 6.47 Å². The van der Waals surface area contributed by atoms with Crippen LogP contribution in [0.2, 0.25) is 0 Å². The zero-order chi connectivity index (χ0) is 4.83. The van der Waals surface area contributed by atoms with Crippen LogP contribution < -0.4 is 0 Å². The number of rotatable bonds is 2. The Morgan fingerprint density at radius 1 is 1.67 bits per heavy atom. The maximum Gasteiger partial charge on any atom is 0.297 e. The second-order valence-electron chi connectivity index (χ2n) is 0.702. The largest absolute Gasteiger partial charge is 0.437 e. The summed E-state index contributed by atoms with van der Waals surface area (Å²) in [5.41, 5.74) is 0.